The Hall–Kier alpha value is -2.63. The highest BCUT2D eigenvalue weighted by atomic mass is 32.2. The minimum absolute atomic E-state index is 0.138. The van der Waals surface area contributed by atoms with Gasteiger partial charge < -0.3 is 5.32 Å². The Morgan fingerprint density at radius 3 is 2.79 bits per heavy atom. The molecule has 1 aromatic carbocycles. The Kier molecular flexibility index (Phi) is 6.91. The SMILES string of the molecule is CCC(C)(C)C1CCc2c(sc(NC(=O)CSc3nnc(C)n3-c3ccccc3)c2C#N)C1. The topological polar surface area (TPSA) is 83.6 Å². The van der Waals surface area contributed by atoms with Crippen LogP contribution in [0, 0.1) is 29.6 Å². The summed E-state index contributed by atoms with van der Waals surface area (Å²) in [7, 11) is 0. The van der Waals surface area contributed by atoms with E-state index < -0.39 is 0 Å². The van der Waals surface area contributed by atoms with Gasteiger partial charge in [-0.25, -0.2) is 0 Å². The van der Waals surface area contributed by atoms with Gasteiger partial charge in [-0.1, -0.05) is 57.2 Å². The molecule has 3 aromatic rings. The van der Waals surface area contributed by atoms with E-state index in [1.165, 1.54) is 16.6 Å². The van der Waals surface area contributed by atoms with Crippen molar-refractivity contribution in [1.82, 2.24) is 14.8 Å². The van der Waals surface area contributed by atoms with E-state index in [0.717, 1.165) is 42.8 Å². The Labute approximate surface area is 203 Å². The first-order valence-corrected chi connectivity index (χ1v) is 13.1. The highest BCUT2D eigenvalue weighted by molar-refractivity contribution is 7.99. The third-order valence-electron chi connectivity index (χ3n) is 6.79. The minimum atomic E-state index is -0.138. The molecule has 0 bridgehead atoms. The number of nitrogens with one attached hydrogen (secondary N) is 1. The van der Waals surface area contributed by atoms with Crippen molar-refractivity contribution < 1.29 is 4.79 Å². The number of aryl methyl sites for hydroxylation is 1. The molecule has 2 heterocycles. The van der Waals surface area contributed by atoms with Gasteiger partial charge in [0, 0.05) is 10.6 Å². The molecule has 1 unspecified atom stereocenters. The molecule has 1 amide bonds. The number of carbonyl (C=O) groups is 1. The number of para-hydroxylation sites is 1. The molecule has 8 heteroatoms. The molecule has 172 valence electrons. The quantitative estimate of drug-likeness (QED) is 0.434. The van der Waals surface area contributed by atoms with Crippen molar-refractivity contribution in [2.45, 2.75) is 58.5 Å². The van der Waals surface area contributed by atoms with Gasteiger partial charge in [-0.2, -0.15) is 5.26 Å². The van der Waals surface area contributed by atoms with E-state index >= 15 is 0 Å². The Balaban J connectivity index is 1.46. The largest absolute Gasteiger partial charge is 0.316 e. The molecule has 2 aromatic heterocycles. The van der Waals surface area contributed by atoms with Crippen LogP contribution in [0.15, 0.2) is 35.5 Å². The lowest BCUT2D eigenvalue weighted by molar-refractivity contribution is -0.113. The van der Waals surface area contributed by atoms with Crippen LogP contribution < -0.4 is 5.32 Å². The Bertz CT molecular complexity index is 1190. The Morgan fingerprint density at radius 2 is 2.09 bits per heavy atom. The second kappa shape index (κ2) is 9.70. The van der Waals surface area contributed by atoms with Crippen LogP contribution in [0.3, 0.4) is 0 Å². The number of carbonyl (C=O) groups excluding carboxylic acids is 1. The average molecular weight is 480 g/mol. The number of thioether (sulfide) groups is 1. The summed E-state index contributed by atoms with van der Waals surface area (Å²) in [4.78, 5) is 14.1. The van der Waals surface area contributed by atoms with Gasteiger partial charge in [0.15, 0.2) is 5.16 Å². The maximum Gasteiger partial charge on any atom is 0.235 e. The van der Waals surface area contributed by atoms with Gasteiger partial charge in [-0.3, -0.25) is 9.36 Å². The minimum Gasteiger partial charge on any atom is -0.316 e. The lowest BCUT2D eigenvalue weighted by atomic mass is 9.69. The van der Waals surface area contributed by atoms with Crippen LogP contribution in [0.5, 0.6) is 0 Å². The molecule has 33 heavy (non-hydrogen) atoms. The van der Waals surface area contributed by atoms with Crippen molar-refractivity contribution in [1.29, 1.82) is 5.26 Å². The van der Waals surface area contributed by atoms with Crippen LogP contribution in [0.4, 0.5) is 5.00 Å². The Morgan fingerprint density at radius 1 is 1.33 bits per heavy atom. The summed E-state index contributed by atoms with van der Waals surface area (Å²) < 4.78 is 1.94. The molecule has 0 radical (unpaired) electrons. The van der Waals surface area contributed by atoms with Crippen molar-refractivity contribution in [3.05, 3.63) is 52.2 Å². The molecule has 0 saturated heterocycles. The van der Waals surface area contributed by atoms with Crippen LogP contribution in [0.1, 0.15) is 55.4 Å². The second-order valence-electron chi connectivity index (χ2n) is 9.14. The molecule has 1 aliphatic carbocycles. The maximum atomic E-state index is 12.8. The number of aromatic nitrogens is 3. The molecule has 1 atom stereocenters. The first kappa shape index (κ1) is 23.5. The molecular formula is C25H29N5OS2. The predicted octanol–water partition coefficient (Wildman–Crippen LogP) is 5.78. The molecule has 1 N–H and O–H groups in total. The van der Waals surface area contributed by atoms with Crippen LogP contribution in [0.25, 0.3) is 5.69 Å². The average Bonchev–Trinajstić information content (AvgIpc) is 3.36. The third-order valence-corrected chi connectivity index (χ3v) is 8.89. The number of hydrogen-bond acceptors (Lipinski definition) is 6. The molecule has 1 aliphatic rings. The van der Waals surface area contributed by atoms with Gasteiger partial charge in [0.25, 0.3) is 0 Å². The number of thiophene rings is 1. The van der Waals surface area contributed by atoms with E-state index in [4.69, 9.17) is 0 Å². The van der Waals surface area contributed by atoms with Crippen LogP contribution >= 0.6 is 23.1 Å². The lowest BCUT2D eigenvalue weighted by Gasteiger charge is -2.36. The zero-order valence-electron chi connectivity index (χ0n) is 19.5. The molecule has 6 nitrogen and oxygen atoms in total. The van der Waals surface area contributed by atoms with Crippen molar-refractivity contribution >= 4 is 34.0 Å². The number of amides is 1. The predicted molar refractivity (Wildman–Crippen MR) is 134 cm³/mol. The molecule has 0 saturated carbocycles. The highest BCUT2D eigenvalue weighted by Gasteiger charge is 2.34. The number of nitriles is 1. The number of fused-ring (bicyclic) bond motifs is 1. The number of benzene rings is 1. The summed E-state index contributed by atoms with van der Waals surface area (Å²) in [5.41, 5.74) is 3.02. The number of rotatable bonds is 7. The van der Waals surface area contributed by atoms with Crippen molar-refractivity contribution in [2.75, 3.05) is 11.1 Å². The number of hydrogen-bond donors (Lipinski definition) is 1. The maximum absolute atomic E-state index is 12.8. The van der Waals surface area contributed by atoms with Crippen LogP contribution in [-0.2, 0) is 17.6 Å². The second-order valence-corrected chi connectivity index (χ2v) is 11.2. The fraction of sp³-hybridized carbons (Fsp3) is 0.440. The molecule has 0 spiro atoms. The summed E-state index contributed by atoms with van der Waals surface area (Å²) in [5.74, 6) is 1.43. The normalized spacial score (nSPS) is 15.7. The molecule has 0 aliphatic heterocycles. The molecular weight excluding hydrogens is 450 g/mol. The van der Waals surface area contributed by atoms with Gasteiger partial charge in [0.2, 0.25) is 5.91 Å². The first-order valence-electron chi connectivity index (χ1n) is 11.3. The van der Waals surface area contributed by atoms with Crippen LogP contribution in [-0.4, -0.2) is 26.4 Å². The van der Waals surface area contributed by atoms with Gasteiger partial charge in [-0.05, 0) is 55.2 Å². The van der Waals surface area contributed by atoms with Gasteiger partial charge in [-0.15, -0.1) is 21.5 Å². The fourth-order valence-electron chi connectivity index (χ4n) is 4.35. The summed E-state index contributed by atoms with van der Waals surface area (Å²) in [5, 5.41) is 22.6. The van der Waals surface area contributed by atoms with Gasteiger partial charge >= 0.3 is 0 Å². The third kappa shape index (κ3) is 4.85. The zero-order valence-corrected chi connectivity index (χ0v) is 21.1. The first-order chi connectivity index (χ1) is 15.8. The van der Waals surface area contributed by atoms with Crippen LogP contribution in [0.2, 0.25) is 0 Å². The van der Waals surface area contributed by atoms with E-state index in [1.54, 1.807) is 11.3 Å². The van der Waals surface area contributed by atoms with E-state index in [-0.39, 0.29) is 17.1 Å². The van der Waals surface area contributed by atoms with Gasteiger partial charge in [0.05, 0.1) is 11.3 Å². The fourth-order valence-corrected chi connectivity index (χ4v) is 6.44. The zero-order chi connectivity index (χ0) is 23.6. The summed E-state index contributed by atoms with van der Waals surface area (Å²) in [6, 6.07) is 12.2. The number of nitrogens with zero attached hydrogens (tertiary/aromatic N) is 4. The van der Waals surface area contributed by atoms with E-state index in [1.807, 2.05) is 41.8 Å². The summed E-state index contributed by atoms with van der Waals surface area (Å²) >= 11 is 2.92. The lowest BCUT2D eigenvalue weighted by Crippen LogP contribution is -2.28. The number of anilines is 1. The molecule has 0 fully saturated rings. The summed E-state index contributed by atoms with van der Waals surface area (Å²) in [6.07, 6.45) is 4.13. The van der Waals surface area contributed by atoms with Gasteiger partial charge in [0.1, 0.15) is 16.9 Å². The molecule has 4 rings (SSSR count). The smallest absolute Gasteiger partial charge is 0.235 e. The van der Waals surface area contributed by atoms with E-state index in [0.29, 0.717) is 21.6 Å². The summed E-state index contributed by atoms with van der Waals surface area (Å²) in [6.45, 7) is 8.80. The van der Waals surface area contributed by atoms with Crippen molar-refractivity contribution in [3.63, 3.8) is 0 Å². The van der Waals surface area contributed by atoms with Crippen molar-refractivity contribution in [3.8, 4) is 11.8 Å². The van der Waals surface area contributed by atoms with E-state index in [2.05, 4.69) is 42.4 Å². The van der Waals surface area contributed by atoms with Crippen molar-refractivity contribution in [2.24, 2.45) is 11.3 Å². The van der Waals surface area contributed by atoms with E-state index in [9.17, 15) is 10.1 Å². The monoisotopic (exact) mass is 479 g/mol. The standard InChI is InChI=1S/C25H29N5OS2/c1-5-25(3,4)17-11-12-19-20(14-26)23(33-21(19)13-17)27-22(31)15-32-24-29-28-16(2)30(24)18-9-7-6-8-10-18/h6-10,17H,5,11-13,15H2,1-4H3,(H,27,31). The highest BCUT2D eigenvalue weighted by Crippen LogP contribution is 2.45.